The van der Waals surface area contributed by atoms with E-state index in [0.717, 1.165) is 0 Å². The van der Waals surface area contributed by atoms with Crippen molar-refractivity contribution in [1.82, 2.24) is 0 Å². The maximum atomic E-state index is 10.0. The van der Waals surface area contributed by atoms with Gasteiger partial charge in [-0.1, -0.05) is 0 Å². The Morgan fingerprint density at radius 2 is 2.06 bits per heavy atom. The Kier molecular flexibility index (Phi) is 4.80. The van der Waals surface area contributed by atoms with Crippen LogP contribution in [0.15, 0.2) is 18.2 Å². The third-order valence-corrected chi connectivity index (χ3v) is 2.60. The molecule has 0 fully saturated rings. The van der Waals surface area contributed by atoms with Crippen LogP contribution in [0.25, 0.3) is 0 Å². The van der Waals surface area contributed by atoms with Crippen LogP contribution in [0.5, 0.6) is 11.5 Å². The van der Waals surface area contributed by atoms with Gasteiger partial charge in [0, 0.05) is 17.5 Å². The minimum Gasteiger partial charge on any atom is -0.497 e. The van der Waals surface area contributed by atoms with Gasteiger partial charge in [-0.3, -0.25) is 0 Å². The Bertz CT molecular complexity index is 412. The molecule has 1 aromatic rings. The van der Waals surface area contributed by atoms with Crippen molar-refractivity contribution in [2.24, 2.45) is 5.92 Å². The standard InChI is InChI=1S/C13H17NO3/c1-9(8-14)6-12(15)11-5-4-10(16-2)7-13(11)17-3/h4-5,7,9,12,15H,6H2,1-3H3. The van der Waals surface area contributed by atoms with Crippen molar-refractivity contribution in [3.8, 4) is 17.6 Å². The zero-order valence-corrected chi connectivity index (χ0v) is 10.3. The average molecular weight is 235 g/mol. The second-order valence-electron chi connectivity index (χ2n) is 3.89. The van der Waals surface area contributed by atoms with Crippen LogP contribution in [-0.4, -0.2) is 19.3 Å². The van der Waals surface area contributed by atoms with Crippen molar-refractivity contribution in [2.45, 2.75) is 19.4 Å². The van der Waals surface area contributed by atoms with E-state index in [1.54, 1.807) is 39.3 Å². The summed E-state index contributed by atoms with van der Waals surface area (Å²) in [7, 11) is 3.11. The summed E-state index contributed by atoms with van der Waals surface area (Å²) in [5.41, 5.74) is 0.676. The van der Waals surface area contributed by atoms with Crippen LogP contribution >= 0.6 is 0 Å². The van der Waals surface area contributed by atoms with Crippen molar-refractivity contribution >= 4 is 0 Å². The Morgan fingerprint density at radius 3 is 2.59 bits per heavy atom. The van der Waals surface area contributed by atoms with Gasteiger partial charge in [-0.05, 0) is 25.5 Å². The first-order valence-electron chi connectivity index (χ1n) is 5.42. The number of aliphatic hydroxyl groups is 1. The van der Waals surface area contributed by atoms with Gasteiger partial charge >= 0.3 is 0 Å². The Morgan fingerprint density at radius 1 is 1.35 bits per heavy atom. The van der Waals surface area contributed by atoms with Gasteiger partial charge < -0.3 is 14.6 Å². The highest BCUT2D eigenvalue weighted by Crippen LogP contribution is 2.32. The normalized spacial score (nSPS) is 13.6. The number of aliphatic hydroxyl groups excluding tert-OH is 1. The van der Waals surface area contributed by atoms with E-state index in [-0.39, 0.29) is 5.92 Å². The molecule has 0 bridgehead atoms. The van der Waals surface area contributed by atoms with Gasteiger partial charge in [0.15, 0.2) is 0 Å². The summed E-state index contributed by atoms with van der Waals surface area (Å²) in [4.78, 5) is 0. The molecule has 92 valence electrons. The zero-order valence-electron chi connectivity index (χ0n) is 10.3. The number of hydrogen-bond acceptors (Lipinski definition) is 4. The molecule has 0 aliphatic rings. The van der Waals surface area contributed by atoms with Crippen molar-refractivity contribution in [1.29, 1.82) is 5.26 Å². The van der Waals surface area contributed by atoms with Gasteiger partial charge in [0.25, 0.3) is 0 Å². The van der Waals surface area contributed by atoms with Crippen LogP contribution in [0.4, 0.5) is 0 Å². The Hall–Kier alpha value is -1.73. The molecule has 0 aliphatic carbocycles. The third kappa shape index (κ3) is 3.36. The van der Waals surface area contributed by atoms with Crippen molar-refractivity contribution in [3.63, 3.8) is 0 Å². The molecule has 0 saturated heterocycles. The number of rotatable bonds is 5. The van der Waals surface area contributed by atoms with Crippen LogP contribution in [0, 0.1) is 17.2 Å². The van der Waals surface area contributed by atoms with Crippen LogP contribution in [0.1, 0.15) is 25.0 Å². The van der Waals surface area contributed by atoms with Gasteiger partial charge in [-0.25, -0.2) is 0 Å². The predicted molar refractivity (Wildman–Crippen MR) is 63.9 cm³/mol. The molecule has 1 rings (SSSR count). The van der Waals surface area contributed by atoms with Crippen LogP contribution in [0.2, 0.25) is 0 Å². The fraction of sp³-hybridized carbons (Fsp3) is 0.462. The lowest BCUT2D eigenvalue weighted by molar-refractivity contribution is 0.152. The summed E-state index contributed by atoms with van der Waals surface area (Å²) < 4.78 is 10.3. The second-order valence-corrected chi connectivity index (χ2v) is 3.89. The molecule has 1 N–H and O–H groups in total. The molecule has 0 amide bonds. The van der Waals surface area contributed by atoms with E-state index in [2.05, 4.69) is 6.07 Å². The van der Waals surface area contributed by atoms with Gasteiger partial charge in [-0.2, -0.15) is 5.26 Å². The van der Waals surface area contributed by atoms with Crippen molar-refractivity contribution in [2.75, 3.05) is 14.2 Å². The second kappa shape index (κ2) is 6.12. The highest BCUT2D eigenvalue weighted by Gasteiger charge is 2.16. The minimum atomic E-state index is -0.703. The maximum Gasteiger partial charge on any atom is 0.128 e. The molecule has 17 heavy (non-hydrogen) atoms. The summed E-state index contributed by atoms with van der Waals surface area (Å²) in [5.74, 6) is 1.05. The topological polar surface area (TPSA) is 62.5 Å². The van der Waals surface area contributed by atoms with Crippen LogP contribution in [0.3, 0.4) is 0 Å². The number of nitriles is 1. The SMILES string of the molecule is COc1ccc(C(O)CC(C)C#N)c(OC)c1. The summed E-state index contributed by atoms with van der Waals surface area (Å²) in [5, 5.41) is 18.8. The summed E-state index contributed by atoms with van der Waals surface area (Å²) in [6, 6.07) is 7.34. The summed E-state index contributed by atoms with van der Waals surface area (Å²) >= 11 is 0. The van der Waals surface area contributed by atoms with Crippen LogP contribution in [-0.2, 0) is 0 Å². The van der Waals surface area contributed by atoms with Gasteiger partial charge in [0.05, 0.1) is 26.4 Å². The van der Waals surface area contributed by atoms with E-state index in [0.29, 0.717) is 23.5 Å². The molecule has 0 radical (unpaired) electrons. The molecule has 1 aromatic carbocycles. The summed E-state index contributed by atoms with van der Waals surface area (Å²) in [6.07, 6.45) is -0.315. The lowest BCUT2D eigenvalue weighted by Crippen LogP contribution is -2.05. The van der Waals surface area contributed by atoms with Gasteiger partial charge in [0.2, 0.25) is 0 Å². The number of benzene rings is 1. The molecular weight excluding hydrogens is 218 g/mol. The van der Waals surface area contributed by atoms with E-state index in [1.165, 1.54) is 0 Å². The molecule has 4 heteroatoms. The fourth-order valence-electron chi connectivity index (χ4n) is 1.61. The monoisotopic (exact) mass is 235 g/mol. The number of nitrogens with zero attached hydrogens (tertiary/aromatic N) is 1. The van der Waals surface area contributed by atoms with E-state index >= 15 is 0 Å². The molecule has 2 unspecified atom stereocenters. The summed E-state index contributed by atoms with van der Waals surface area (Å²) in [6.45, 7) is 1.78. The lowest BCUT2D eigenvalue weighted by atomic mass is 9.98. The van der Waals surface area contributed by atoms with E-state index in [4.69, 9.17) is 14.7 Å². The number of methoxy groups -OCH3 is 2. The molecule has 0 spiro atoms. The van der Waals surface area contributed by atoms with E-state index in [1.807, 2.05) is 0 Å². The zero-order chi connectivity index (χ0) is 12.8. The first kappa shape index (κ1) is 13.3. The Balaban J connectivity index is 2.93. The molecule has 4 nitrogen and oxygen atoms in total. The first-order chi connectivity index (χ1) is 8.12. The molecule has 0 saturated carbocycles. The van der Waals surface area contributed by atoms with E-state index in [9.17, 15) is 5.11 Å². The van der Waals surface area contributed by atoms with Gasteiger partial charge in [0.1, 0.15) is 11.5 Å². The number of hydrogen-bond donors (Lipinski definition) is 1. The lowest BCUT2D eigenvalue weighted by Gasteiger charge is -2.16. The van der Waals surface area contributed by atoms with Gasteiger partial charge in [-0.15, -0.1) is 0 Å². The van der Waals surface area contributed by atoms with E-state index < -0.39 is 6.10 Å². The smallest absolute Gasteiger partial charge is 0.128 e. The highest BCUT2D eigenvalue weighted by molar-refractivity contribution is 5.42. The largest absolute Gasteiger partial charge is 0.497 e. The maximum absolute atomic E-state index is 10.0. The van der Waals surface area contributed by atoms with Crippen molar-refractivity contribution < 1.29 is 14.6 Å². The molecule has 2 atom stereocenters. The molecule has 0 aromatic heterocycles. The quantitative estimate of drug-likeness (QED) is 0.850. The predicted octanol–water partition coefficient (Wildman–Crippen LogP) is 2.29. The Labute approximate surface area is 101 Å². The molecule has 0 aliphatic heterocycles. The average Bonchev–Trinajstić information content (AvgIpc) is 2.37. The van der Waals surface area contributed by atoms with Crippen molar-refractivity contribution in [3.05, 3.63) is 23.8 Å². The minimum absolute atomic E-state index is 0.197. The van der Waals surface area contributed by atoms with Crippen LogP contribution < -0.4 is 9.47 Å². The first-order valence-corrected chi connectivity index (χ1v) is 5.42. The number of ether oxygens (including phenoxy) is 2. The molecular formula is C13H17NO3. The third-order valence-electron chi connectivity index (χ3n) is 2.60. The molecule has 0 heterocycles. The highest BCUT2D eigenvalue weighted by atomic mass is 16.5. The fourth-order valence-corrected chi connectivity index (χ4v) is 1.61.